The summed E-state index contributed by atoms with van der Waals surface area (Å²) in [4.78, 5) is 40.9. The third-order valence-electron chi connectivity index (χ3n) is 5.28. The molecule has 0 aliphatic carbocycles. The Morgan fingerprint density at radius 2 is 1.86 bits per heavy atom. The van der Waals surface area contributed by atoms with Crippen LogP contribution in [0.1, 0.15) is 35.7 Å². The van der Waals surface area contributed by atoms with E-state index in [1.54, 1.807) is 31.2 Å². The summed E-state index contributed by atoms with van der Waals surface area (Å²) in [5, 5.41) is 0. The molecule has 1 saturated heterocycles. The van der Waals surface area contributed by atoms with Gasteiger partial charge in [0, 0.05) is 12.2 Å². The SMILES string of the molecule is CCOC(=O)c1ccc(N2C(=O)C[C@@H](N3CCCc4ccccc43)C2=O)cc1. The van der Waals surface area contributed by atoms with Gasteiger partial charge in [0.15, 0.2) is 0 Å². The molecule has 0 bridgehead atoms. The van der Waals surface area contributed by atoms with Gasteiger partial charge in [-0.05, 0) is 55.7 Å². The minimum absolute atomic E-state index is 0.160. The molecule has 2 aromatic carbocycles. The number of rotatable bonds is 4. The van der Waals surface area contributed by atoms with E-state index in [0.29, 0.717) is 17.9 Å². The lowest BCUT2D eigenvalue weighted by atomic mass is 9.99. The molecule has 4 rings (SSSR count). The third-order valence-corrected chi connectivity index (χ3v) is 5.28. The van der Waals surface area contributed by atoms with Crippen molar-refractivity contribution in [3.63, 3.8) is 0 Å². The molecule has 6 nitrogen and oxygen atoms in total. The second kappa shape index (κ2) is 7.46. The standard InChI is InChI=1S/C22H22N2O4/c1-2-28-22(27)16-9-11-17(12-10-16)24-20(25)14-19(21(24)26)23-13-5-7-15-6-3-4-8-18(15)23/h3-4,6,8-12,19H,2,5,7,13-14H2,1H3/t19-/m1/s1. The molecule has 2 amide bonds. The van der Waals surface area contributed by atoms with Crippen LogP contribution in [0.4, 0.5) is 11.4 Å². The highest BCUT2D eigenvalue weighted by Crippen LogP contribution is 2.33. The molecule has 1 atom stereocenters. The molecule has 2 aromatic rings. The van der Waals surface area contributed by atoms with Crippen LogP contribution >= 0.6 is 0 Å². The van der Waals surface area contributed by atoms with Crippen LogP contribution in [-0.2, 0) is 20.7 Å². The van der Waals surface area contributed by atoms with E-state index in [1.807, 2.05) is 18.2 Å². The zero-order valence-corrected chi connectivity index (χ0v) is 15.8. The Morgan fingerprint density at radius 3 is 2.61 bits per heavy atom. The summed E-state index contributed by atoms with van der Waals surface area (Å²) in [6.45, 7) is 2.80. The number of amides is 2. The van der Waals surface area contributed by atoms with Gasteiger partial charge in [0.25, 0.3) is 5.91 Å². The van der Waals surface area contributed by atoms with E-state index in [0.717, 1.165) is 25.1 Å². The first kappa shape index (κ1) is 18.2. The fourth-order valence-corrected chi connectivity index (χ4v) is 3.98. The molecule has 0 spiro atoms. The van der Waals surface area contributed by atoms with Crippen LogP contribution in [0.25, 0.3) is 0 Å². The molecule has 6 heteroatoms. The molecule has 2 aliphatic rings. The maximum absolute atomic E-state index is 13.1. The maximum Gasteiger partial charge on any atom is 0.338 e. The van der Waals surface area contributed by atoms with Gasteiger partial charge in [0.05, 0.1) is 24.3 Å². The van der Waals surface area contributed by atoms with E-state index in [9.17, 15) is 14.4 Å². The molecule has 2 aliphatic heterocycles. The van der Waals surface area contributed by atoms with Crippen LogP contribution in [-0.4, -0.2) is 37.0 Å². The summed E-state index contributed by atoms with van der Waals surface area (Å²) in [5.74, 6) is -0.858. The second-order valence-corrected chi connectivity index (χ2v) is 6.98. The molecule has 28 heavy (non-hydrogen) atoms. The van der Waals surface area contributed by atoms with Crippen molar-refractivity contribution in [2.75, 3.05) is 23.0 Å². The molecule has 1 fully saturated rings. The van der Waals surface area contributed by atoms with Gasteiger partial charge < -0.3 is 9.64 Å². The highest BCUT2D eigenvalue weighted by Gasteiger charge is 2.43. The zero-order chi connectivity index (χ0) is 19.7. The van der Waals surface area contributed by atoms with E-state index in [1.165, 1.54) is 10.5 Å². The Kier molecular flexibility index (Phi) is 4.86. The number of imide groups is 1. The van der Waals surface area contributed by atoms with Crippen LogP contribution in [0.3, 0.4) is 0 Å². The number of esters is 1. The van der Waals surface area contributed by atoms with Crippen molar-refractivity contribution in [2.24, 2.45) is 0 Å². The Labute approximate surface area is 163 Å². The van der Waals surface area contributed by atoms with Crippen molar-refractivity contribution in [3.8, 4) is 0 Å². The first-order chi connectivity index (χ1) is 13.6. The fourth-order valence-electron chi connectivity index (χ4n) is 3.98. The topological polar surface area (TPSA) is 66.9 Å². The number of fused-ring (bicyclic) bond motifs is 1. The Bertz CT molecular complexity index is 922. The van der Waals surface area contributed by atoms with Crippen molar-refractivity contribution in [1.29, 1.82) is 0 Å². The number of benzene rings is 2. The summed E-state index contributed by atoms with van der Waals surface area (Å²) in [5.41, 5.74) is 3.13. The Hall–Kier alpha value is -3.15. The minimum Gasteiger partial charge on any atom is -0.462 e. The maximum atomic E-state index is 13.1. The highest BCUT2D eigenvalue weighted by atomic mass is 16.5. The lowest BCUT2D eigenvalue weighted by Crippen LogP contribution is -2.44. The van der Waals surface area contributed by atoms with Crippen molar-refractivity contribution in [3.05, 3.63) is 59.7 Å². The number of carbonyl (C=O) groups excluding carboxylic acids is 3. The fraction of sp³-hybridized carbons (Fsp3) is 0.318. The lowest BCUT2D eigenvalue weighted by Gasteiger charge is -2.34. The van der Waals surface area contributed by atoms with E-state index in [-0.39, 0.29) is 18.2 Å². The van der Waals surface area contributed by atoms with Gasteiger partial charge in [-0.2, -0.15) is 0 Å². The number of carbonyl (C=O) groups is 3. The van der Waals surface area contributed by atoms with Gasteiger partial charge in [-0.15, -0.1) is 0 Å². The van der Waals surface area contributed by atoms with Gasteiger partial charge in [-0.3, -0.25) is 9.59 Å². The molecular formula is C22H22N2O4. The largest absolute Gasteiger partial charge is 0.462 e. The van der Waals surface area contributed by atoms with Gasteiger partial charge in [-0.1, -0.05) is 18.2 Å². The molecule has 2 heterocycles. The molecule has 0 radical (unpaired) electrons. The molecule has 144 valence electrons. The first-order valence-corrected chi connectivity index (χ1v) is 9.58. The number of para-hydroxylation sites is 1. The summed E-state index contributed by atoms with van der Waals surface area (Å²) >= 11 is 0. The van der Waals surface area contributed by atoms with Crippen molar-refractivity contribution in [2.45, 2.75) is 32.2 Å². The summed E-state index contributed by atoms with van der Waals surface area (Å²) < 4.78 is 4.97. The van der Waals surface area contributed by atoms with E-state index in [4.69, 9.17) is 4.74 Å². The first-order valence-electron chi connectivity index (χ1n) is 9.58. The predicted octanol–water partition coefficient (Wildman–Crippen LogP) is 2.95. The number of anilines is 2. The van der Waals surface area contributed by atoms with Crippen LogP contribution in [0.15, 0.2) is 48.5 Å². The van der Waals surface area contributed by atoms with Crippen LogP contribution in [0.2, 0.25) is 0 Å². The zero-order valence-electron chi connectivity index (χ0n) is 15.8. The smallest absolute Gasteiger partial charge is 0.338 e. The Balaban J connectivity index is 1.58. The quantitative estimate of drug-likeness (QED) is 0.604. The highest BCUT2D eigenvalue weighted by molar-refractivity contribution is 6.23. The van der Waals surface area contributed by atoms with Crippen LogP contribution in [0, 0.1) is 0 Å². The summed E-state index contributed by atoms with van der Waals surface area (Å²) in [6, 6.07) is 14.0. The third kappa shape index (κ3) is 3.15. The van der Waals surface area contributed by atoms with Crippen molar-refractivity contribution < 1.29 is 19.1 Å². The number of ether oxygens (including phenoxy) is 1. The monoisotopic (exact) mass is 378 g/mol. The summed E-state index contributed by atoms with van der Waals surface area (Å²) in [7, 11) is 0. The van der Waals surface area contributed by atoms with E-state index >= 15 is 0 Å². The summed E-state index contributed by atoms with van der Waals surface area (Å²) in [6.07, 6.45) is 2.11. The Morgan fingerprint density at radius 1 is 1.11 bits per heavy atom. The molecular weight excluding hydrogens is 356 g/mol. The molecule has 0 N–H and O–H groups in total. The minimum atomic E-state index is -0.487. The van der Waals surface area contributed by atoms with Crippen LogP contribution < -0.4 is 9.80 Å². The second-order valence-electron chi connectivity index (χ2n) is 6.98. The molecule has 0 unspecified atom stereocenters. The normalized spacial score (nSPS) is 19.0. The van der Waals surface area contributed by atoms with Gasteiger partial charge in [0.2, 0.25) is 5.91 Å². The average molecular weight is 378 g/mol. The molecule has 0 aromatic heterocycles. The number of nitrogens with zero attached hydrogens (tertiary/aromatic N) is 2. The number of hydrogen-bond acceptors (Lipinski definition) is 5. The van der Waals surface area contributed by atoms with Gasteiger partial charge in [-0.25, -0.2) is 9.69 Å². The average Bonchev–Trinajstić information content (AvgIpc) is 3.01. The predicted molar refractivity (Wildman–Crippen MR) is 105 cm³/mol. The number of aryl methyl sites for hydroxylation is 1. The van der Waals surface area contributed by atoms with E-state index < -0.39 is 12.0 Å². The van der Waals surface area contributed by atoms with Crippen molar-refractivity contribution >= 4 is 29.2 Å². The van der Waals surface area contributed by atoms with Crippen molar-refractivity contribution in [1.82, 2.24) is 0 Å². The van der Waals surface area contributed by atoms with Gasteiger partial charge >= 0.3 is 5.97 Å². The number of hydrogen-bond donors (Lipinski definition) is 0. The lowest BCUT2D eigenvalue weighted by molar-refractivity contribution is -0.121. The molecule has 0 saturated carbocycles. The van der Waals surface area contributed by atoms with E-state index in [2.05, 4.69) is 11.0 Å². The van der Waals surface area contributed by atoms with Gasteiger partial charge in [0.1, 0.15) is 6.04 Å². The van der Waals surface area contributed by atoms with Crippen LogP contribution in [0.5, 0.6) is 0 Å².